The molecule has 0 saturated carbocycles. The highest BCUT2D eigenvalue weighted by molar-refractivity contribution is 5.69. The first-order chi connectivity index (χ1) is 21.0. The van der Waals surface area contributed by atoms with Crippen molar-refractivity contribution in [2.45, 2.75) is 195 Å². The van der Waals surface area contributed by atoms with Crippen LogP contribution in [-0.4, -0.2) is 60.6 Å². The first-order valence-electron chi connectivity index (χ1n) is 18.4. The van der Waals surface area contributed by atoms with Crippen LogP contribution in [0.4, 0.5) is 0 Å². The molecule has 1 aliphatic heterocycles. The number of carbonyl (C=O) groups is 2. The van der Waals surface area contributed by atoms with Gasteiger partial charge in [-0.1, -0.05) is 118 Å². The maximum absolute atomic E-state index is 12.7. The van der Waals surface area contributed by atoms with E-state index in [1.807, 2.05) is 12.0 Å². The number of hydrogen-bond acceptors (Lipinski definition) is 7. The van der Waals surface area contributed by atoms with Gasteiger partial charge in [0.05, 0.1) is 42.4 Å². The Bertz CT molecular complexity index is 777. The van der Waals surface area contributed by atoms with Gasteiger partial charge < -0.3 is 19.0 Å². The van der Waals surface area contributed by atoms with Crippen LogP contribution in [0.5, 0.6) is 0 Å². The second-order valence-corrected chi connectivity index (χ2v) is 14.1. The molecule has 0 radical (unpaired) electrons. The first kappa shape index (κ1) is 40.8. The maximum atomic E-state index is 12.7. The van der Waals surface area contributed by atoms with Crippen LogP contribution in [0.25, 0.3) is 0 Å². The minimum absolute atomic E-state index is 0.129. The summed E-state index contributed by atoms with van der Waals surface area (Å²) in [6.45, 7) is 17.7. The average molecular weight is 626 g/mol. The fourth-order valence-corrected chi connectivity index (χ4v) is 6.21. The van der Waals surface area contributed by atoms with Crippen molar-refractivity contribution in [2.75, 3.05) is 26.4 Å². The van der Waals surface area contributed by atoms with Gasteiger partial charge in [0.2, 0.25) is 0 Å². The number of unbranched alkanes of at least 4 members (excludes halogenated alkanes) is 14. The summed E-state index contributed by atoms with van der Waals surface area (Å²) in [7, 11) is 0. The molecule has 1 heterocycles. The zero-order valence-electron chi connectivity index (χ0n) is 30.2. The first-order valence-corrected chi connectivity index (χ1v) is 18.4. The zero-order chi connectivity index (χ0) is 32.9. The van der Waals surface area contributed by atoms with Crippen LogP contribution >= 0.6 is 0 Å². The van der Waals surface area contributed by atoms with Crippen LogP contribution < -0.4 is 0 Å². The number of carbonyl (C=O) groups excluding carboxylic acids is 2. The third kappa shape index (κ3) is 14.5. The number of esters is 1. The lowest BCUT2D eigenvalue weighted by Gasteiger charge is -2.52. The summed E-state index contributed by atoms with van der Waals surface area (Å²) < 4.78 is 18.7. The standard InChI is InChI=1S/C37H71NO6/c1-9-13-14-15-16-17-18-19-20-21-22-23-24-25-26-27-34(40)43-31-37(12-4)29-41-28-35(7,10-2)38(44-33(6)39)36(8,11-3)32(5)42-30-37/h32H,9-31H2,1-8H3. The van der Waals surface area contributed by atoms with Crippen molar-refractivity contribution in [3.05, 3.63) is 0 Å². The van der Waals surface area contributed by atoms with Crippen molar-refractivity contribution in [3.63, 3.8) is 0 Å². The molecule has 0 spiro atoms. The van der Waals surface area contributed by atoms with Crippen LogP contribution in [0, 0.1) is 5.41 Å². The highest BCUT2D eigenvalue weighted by Gasteiger charge is 2.50. The summed E-state index contributed by atoms with van der Waals surface area (Å²) in [5.74, 6) is -0.479. The van der Waals surface area contributed by atoms with Gasteiger partial charge in [0.15, 0.2) is 0 Å². The molecule has 1 aliphatic rings. The van der Waals surface area contributed by atoms with E-state index in [0.717, 1.165) is 32.1 Å². The number of hydrogen-bond donors (Lipinski definition) is 0. The monoisotopic (exact) mass is 626 g/mol. The molecule has 4 atom stereocenters. The molecule has 7 heteroatoms. The largest absolute Gasteiger partial charge is 0.465 e. The van der Waals surface area contributed by atoms with E-state index in [1.54, 1.807) is 0 Å². The van der Waals surface area contributed by atoms with E-state index < -0.39 is 16.5 Å². The fraction of sp³-hybridized carbons (Fsp3) is 0.946. The molecule has 0 aromatic rings. The molecule has 0 amide bonds. The molecule has 0 aromatic carbocycles. The molecule has 0 aromatic heterocycles. The van der Waals surface area contributed by atoms with Gasteiger partial charge in [0, 0.05) is 13.3 Å². The molecule has 1 saturated heterocycles. The van der Waals surface area contributed by atoms with Crippen molar-refractivity contribution in [1.29, 1.82) is 0 Å². The lowest BCUT2D eigenvalue weighted by Crippen LogP contribution is -2.65. The van der Waals surface area contributed by atoms with E-state index >= 15 is 0 Å². The SMILES string of the molecule is CCCCCCCCCCCCCCCCCC(=O)OCC1(CC)COCC(C)(CC)N(OC(C)=O)C(C)(CC)C(C)OC1. The minimum atomic E-state index is -0.555. The highest BCUT2D eigenvalue weighted by atomic mass is 16.7. The molecule has 44 heavy (non-hydrogen) atoms. The number of hydroxylamine groups is 2. The molecule has 7 nitrogen and oxygen atoms in total. The molecule has 1 rings (SSSR count). The quantitative estimate of drug-likeness (QED) is 0.0876. The van der Waals surface area contributed by atoms with Crippen molar-refractivity contribution in [2.24, 2.45) is 5.41 Å². The Morgan fingerprint density at radius 1 is 0.727 bits per heavy atom. The van der Waals surface area contributed by atoms with Crippen molar-refractivity contribution < 1.29 is 28.6 Å². The van der Waals surface area contributed by atoms with Gasteiger partial charge in [-0.3, -0.25) is 9.59 Å². The second kappa shape index (κ2) is 22.4. The molecule has 0 bridgehead atoms. The molecular formula is C37H71NO6. The molecule has 0 N–H and O–H groups in total. The van der Waals surface area contributed by atoms with Gasteiger partial charge in [0.25, 0.3) is 0 Å². The Balaban J connectivity index is 2.46. The second-order valence-electron chi connectivity index (χ2n) is 14.1. The lowest BCUT2D eigenvalue weighted by molar-refractivity contribution is -0.294. The Morgan fingerprint density at radius 2 is 1.25 bits per heavy atom. The highest BCUT2D eigenvalue weighted by Crippen LogP contribution is 2.38. The topological polar surface area (TPSA) is 74.3 Å². The van der Waals surface area contributed by atoms with Crippen LogP contribution in [0.15, 0.2) is 0 Å². The van der Waals surface area contributed by atoms with E-state index in [4.69, 9.17) is 19.0 Å². The van der Waals surface area contributed by atoms with Crippen LogP contribution in [0.1, 0.15) is 177 Å². The third-order valence-corrected chi connectivity index (χ3v) is 10.3. The van der Waals surface area contributed by atoms with Crippen LogP contribution in [-0.2, 0) is 28.6 Å². The van der Waals surface area contributed by atoms with Crippen molar-refractivity contribution in [3.8, 4) is 0 Å². The van der Waals surface area contributed by atoms with Gasteiger partial charge in [0.1, 0.15) is 6.61 Å². The van der Waals surface area contributed by atoms with E-state index in [9.17, 15) is 9.59 Å². The third-order valence-electron chi connectivity index (χ3n) is 10.3. The van der Waals surface area contributed by atoms with Gasteiger partial charge in [-0.05, 0) is 46.5 Å². The average Bonchev–Trinajstić information content (AvgIpc) is 3.01. The minimum Gasteiger partial charge on any atom is -0.465 e. The number of rotatable bonds is 22. The fourth-order valence-electron chi connectivity index (χ4n) is 6.21. The van der Waals surface area contributed by atoms with Gasteiger partial charge >= 0.3 is 11.9 Å². The Labute approximate surface area is 271 Å². The number of nitrogens with zero attached hydrogens (tertiary/aromatic N) is 1. The van der Waals surface area contributed by atoms with E-state index in [2.05, 4.69) is 41.5 Å². The number of ether oxygens (including phenoxy) is 3. The van der Waals surface area contributed by atoms with Crippen molar-refractivity contribution >= 4 is 11.9 Å². The Kier molecular flexibility index (Phi) is 20.8. The summed E-state index contributed by atoms with van der Waals surface area (Å²) in [5, 5.41) is 1.82. The summed E-state index contributed by atoms with van der Waals surface area (Å²) in [4.78, 5) is 30.6. The Morgan fingerprint density at radius 3 is 1.70 bits per heavy atom. The van der Waals surface area contributed by atoms with Gasteiger partial charge in [-0.25, -0.2) is 0 Å². The van der Waals surface area contributed by atoms with Crippen LogP contribution in [0.2, 0.25) is 0 Å². The lowest BCUT2D eigenvalue weighted by atomic mass is 9.84. The van der Waals surface area contributed by atoms with Crippen molar-refractivity contribution in [1.82, 2.24) is 5.06 Å². The predicted octanol–water partition coefficient (Wildman–Crippen LogP) is 9.74. The molecule has 1 fully saturated rings. The van der Waals surface area contributed by atoms with E-state index in [-0.39, 0.29) is 24.6 Å². The molecule has 260 valence electrons. The molecule has 0 aliphatic carbocycles. The predicted molar refractivity (Wildman–Crippen MR) is 180 cm³/mol. The molecule has 4 unspecified atom stereocenters. The van der Waals surface area contributed by atoms with Crippen LogP contribution in [0.3, 0.4) is 0 Å². The summed E-state index contributed by atoms with van der Waals surface area (Å²) in [6, 6.07) is 0. The smallest absolute Gasteiger partial charge is 0.322 e. The zero-order valence-corrected chi connectivity index (χ0v) is 30.2. The van der Waals surface area contributed by atoms with Gasteiger partial charge in [-0.2, -0.15) is 0 Å². The van der Waals surface area contributed by atoms with Gasteiger partial charge in [-0.15, -0.1) is 5.06 Å². The van der Waals surface area contributed by atoms with E-state index in [0.29, 0.717) is 26.2 Å². The Hall–Kier alpha value is -1.18. The summed E-state index contributed by atoms with van der Waals surface area (Å²) in [6.07, 6.45) is 22.1. The normalized spacial score (nSPS) is 26.8. The summed E-state index contributed by atoms with van der Waals surface area (Å²) in [5.41, 5.74) is -1.51. The van der Waals surface area contributed by atoms with E-state index in [1.165, 1.54) is 90.4 Å². The molecular weight excluding hydrogens is 554 g/mol. The summed E-state index contributed by atoms with van der Waals surface area (Å²) >= 11 is 0. The maximum Gasteiger partial charge on any atom is 0.322 e.